The number of nitrogens with zero attached hydrogens (tertiary/aromatic N) is 5. The number of thioether (sulfide) groups is 1. The van der Waals surface area contributed by atoms with Gasteiger partial charge in [0.05, 0.1) is 11.4 Å². The third-order valence-electron chi connectivity index (χ3n) is 4.99. The van der Waals surface area contributed by atoms with E-state index >= 15 is 0 Å². The van der Waals surface area contributed by atoms with Crippen LogP contribution in [0.4, 0.5) is 5.69 Å². The summed E-state index contributed by atoms with van der Waals surface area (Å²) in [5.74, 6) is 0.947. The van der Waals surface area contributed by atoms with Crippen molar-refractivity contribution in [3.05, 3.63) is 84.2 Å². The van der Waals surface area contributed by atoms with E-state index in [0.717, 1.165) is 22.5 Å². The third-order valence-corrected chi connectivity index (χ3v) is 5.90. The molecule has 4 aromatic rings. The van der Waals surface area contributed by atoms with Crippen molar-refractivity contribution in [1.82, 2.24) is 19.7 Å². The molecular formula is C24H23N5OS. The van der Waals surface area contributed by atoms with Gasteiger partial charge in [0, 0.05) is 30.7 Å². The van der Waals surface area contributed by atoms with Gasteiger partial charge in [-0.2, -0.15) is 0 Å². The van der Waals surface area contributed by atoms with E-state index in [9.17, 15) is 4.79 Å². The number of benzene rings is 2. The molecule has 156 valence electrons. The van der Waals surface area contributed by atoms with Crippen LogP contribution >= 0.6 is 11.8 Å². The Balaban J connectivity index is 1.66. The zero-order chi connectivity index (χ0) is 21.8. The summed E-state index contributed by atoms with van der Waals surface area (Å²) in [7, 11) is 1.79. The van der Waals surface area contributed by atoms with Crippen molar-refractivity contribution in [2.75, 3.05) is 17.7 Å². The van der Waals surface area contributed by atoms with Crippen molar-refractivity contribution < 1.29 is 4.79 Å². The SMILES string of the molecule is Cc1ccc(-n2c(SCC(=O)N(C)c3ccccc3)nnc2-c2cccnc2)c(C)c1. The number of aromatic nitrogens is 4. The molecule has 2 aromatic heterocycles. The van der Waals surface area contributed by atoms with Crippen molar-refractivity contribution in [1.29, 1.82) is 0 Å². The van der Waals surface area contributed by atoms with E-state index in [-0.39, 0.29) is 11.7 Å². The molecular weight excluding hydrogens is 406 g/mol. The molecule has 2 heterocycles. The summed E-state index contributed by atoms with van der Waals surface area (Å²) in [5.41, 5.74) is 5.01. The maximum absolute atomic E-state index is 12.8. The lowest BCUT2D eigenvalue weighted by Crippen LogP contribution is -2.27. The van der Waals surface area contributed by atoms with Gasteiger partial charge in [0.25, 0.3) is 0 Å². The van der Waals surface area contributed by atoms with E-state index in [0.29, 0.717) is 11.0 Å². The Labute approximate surface area is 186 Å². The molecule has 0 aliphatic carbocycles. The largest absolute Gasteiger partial charge is 0.315 e. The molecule has 0 N–H and O–H groups in total. The first kappa shape index (κ1) is 20.8. The number of carbonyl (C=O) groups excluding carboxylic acids is 1. The summed E-state index contributed by atoms with van der Waals surface area (Å²) in [6.45, 7) is 4.14. The Morgan fingerprint density at radius 3 is 2.55 bits per heavy atom. The maximum Gasteiger partial charge on any atom is 0.237 e. The second-order valence-electron chi connectivity index (χ2n) is 7.25. The van der Waals surface area contributed by atoms with E-state index < -0.39 is 0 Å². The number of carbonyl (C=O) groups is 1. The van der Waals surface area contributed by atoms with Crippen LogP contribution in [0.25, 0.3) is 17.1 Å². The summed E-state index contributed by atoms with van der Waals surface area (Å²) in [6, 6.07) is 19.7. The second-order valence-corrected chi connectivity index (χ2v) is 8.19. The Morgan fingerprint density at radius 2 is 1.84 bits per heavy atom. The summed E-state index contributed by atoms with van der Waals surface area (Å²) >= 11 is 1.38. The standard InChI is InChI=1S/C24H23N5OS/c1-17-11-12-21(18(2)14-17)29-23(19-8-7-13-25-15-19)26-27-24(29)31-16-22(30)28(3)20-9-5-4-6-10-20/h4-15H,16H2,1-3H3. The number of para-hydroxylation sites is 1. The molecule has 0 saturated carbocycles. The number of rotatable bonds is 6. The Hall–Kier alpha value is -3.45. The first-order valence-electron chi connectivity index (χ1n) is 9.92. The summed E-state index contributed by atoms with van der Waals surface area (Å²) in [6.07, 6.45) is 3.50. The molecule has 31 heavy (non-hydrogen) atoms. The van der Waals surface area contributed by atoms with Gasteiger partial charge >= 0.3 is 0 Å². The van der Waals surface area contributed by atoms with Crippen molar-refractivity contribution in [2.24, 2.45) is 0 Å². The predicted octanol–water partition coefficient (Wildman–Crippen LogP) is 4.70. The summed E-state index contributed by atoms with van der Waals surface area (Å²) < 4.78 is 2.01. The van der Waals surface area contributed by atoms with E-state index in [1.54, 1.807) is 24.3 Å². The van der Waals surface area contributed by atoms with Crippen LogP contribution in [0.2, 0.25) is 0 Å². The molecule has 0 unspecified atom stereocenters. The van der Waals surface area contributed by atoms with Crippen LogP contribution in [0, 0.1) is 13.8 Å². The van der Waals surface area contributed by atoms with Gasteiger partial charge in [-0.05, 0) is 49.7 Å². The van der Waals surface area contributed by atoms with Crippen molar-refractivity contribution in [3.8, 4) is 17.1 Å². The van der Waals surface area contributed by atoms with Crippen LogP contribution in [0.15, 0.2) is 78.2 Å². The minimum Gasteiger partial charge on any atom is -0.315 e. The molecule has 0 bridgehead atoms. The first-order chi connectivity index (χ1) is 15.0. The van der Waals surface area contributed by atoms with Gasteiger partial charge in [-0.1, -0.05) is 47.7 Å². The van der Waals surface area contributed by atoms with Gasteiger partial charge in [0.2, 0.25) is 5.91 Å². The lowest BCUT2D eigenvalue weighted by molar-refractivity contribution is -0.115. The lowest BCUT2D eigenvalue weighted by atomic mass is 10.1. The van der Waals surface area contributed by atoms with Gasteiger partial charge < -0.3 is 4.90 Å². The van der Waals surface area contributed by atoms with Crippen LogP contribution < -0.4 is 4.90 Å². The van der Waals surface area contributed by atoms with Crippen LogP contribution in [-0.2, 0) is 4.79 Å². The Kier molecular flexibility index (Phi) is 6.13. The fourth-order valence-electron chi connectivity index (χ4n) is 3.34. The smallest absolute Gasteiger partial charge is 0.237 e. The molecule has 0 saturated heterocycles. The first-order valence-corrected chi connectivity index (χ1v) is 10.9. The number of amides is 1. The fraction of sp³-hybridized carbons (Fsp3) is 0.167. The Bertz CT molecular complexity index is 1190. The van der Waals surface area contributed by atoms with E-state index in [1.165, 1.54) is 17.3 Å². The molecule has 0 aliphatic heterocycles. The molecule has 0 fully saturated rings. The Morgan fingerprint density at radius 1 is 1.03 bits per heavy atom. The average molecular weight is 430 g/mol. The van der Waals surface area contributed by atoms with Gasteiger partial charge in [0.15, 0.2) is 11.0 Å². The number of aryl methyl sites for hydroxylation is 2. The second kappa shape index (κ2) is 9.14. The molecule has 4 rings (SSSR count). The summed E-state index contributed by atoms with van der Waals surface area (Å²) in [5, 5.41) is 9.52. The van der Waals surface area contributed by atoms with Crippen molar-refractivity contribution in [3.63, 3.8) is 0 Å². The van der Waals surface area contributed by atoms with Crippen LogP contribution in [0.1, 0.15) is 11.1 Å². The van der Waals surface area contributed by atoms with E-state index in [4.69, 9.17) is 0 Å². The number of hydrogen-bond acceptors (Lipinski definition) is 5. The minimum absolute atomic E-state index is 0.00527. The van der Waals surface area contributed by atoms with Gasteiger partial charge in [-0.25, -0.2) is 0 Å². The maximum atomic E-state index is 12.8. The predicted molar refractivity (Wildman–Crippen MR) is 125 cm³/mol. The van der Waals surface area contributed by atoms with Crippen LogP contribution in [0.5, 0.6) is 0 Å². The van der Waals surface area contributed by atoms with Crippen molar-refractivity contribution >= 4 is 23.4 Å². The highest BCUT2D eigenvalue weighted by Gasteiger charge is 2.20. The normalized spacial score (nSPS) is 10.8. The van der Waals surface area contributed by atoms with E-state index in [2.05, 4.69) is 47.2 Å². The molecule has 6 nitrogen and oxygen atoms in total. The molecule has 1 amide bonds. The number of pyridine rings is 1. The summed E-state index contributed by atoms with van der Waals surface area (Å²) in [4.78, 5) is 18.7. The average Bonchev–Trinajstić information content (AvgIpc) is 3.22. The fourth-order valence-corrected chi connectivity index (χ4v) is 4.20. The highest BCUT2D eigenvalue weighted by molar-refractivity contribution is 7.99. The molecule has 2 aromatic carbocycles. The van der Waals surface area contributed by atoms with Crippen LogP contribution in [0.3, 0.4) is 0 Å². The quantitative estimate of drug-likeness (QED) is 0.416. The molecule has 0 aliphatic rings. The van der Waals surface area contributed by atoms with Crippen LogP contribution in [-0.4, -0.2) is 38.5 Å². The number of hydrogen-bond donors (Lipinski definition) is 0. The van der Waals surface area contributed by atoms with Gasteiger partial charge in [-0.15, -0.1) is 10.2 Å². The minimum atomic E-state index is -0.00527. The third kappa shape index (κ3) is 4.51. The van der Waals surface area contributed by atoms with Gasteiger partial charge in [0.1, 0.15) is 0 Å². The zero-order valence-electron chi connectivity index (χ0n) is 17.7. The molecule has 0 radical (unpaired) electrons. The van der Waals surface area contributed by atoms with Gasteiger partial charge in [-0.3, -0.25) is 14.3 Å². The molecule has 0 spiro atoms. The highest BCUT2D eigenvalue weighted by atomic mass is 32.2. The zero-order valence-corrected chi connectivity index (χ0v) is 18.5. The number of anilines is 1. The monoisotopic (exact) mass is 429 g/mol. The van der Waals surface area contributed by atoms with E-state index in [1.807, 2.05) is 47.0 Å². The molecule has 0 atom stereocenters. The highest BCUT2D eigenvalue weighted by Crippen LogP contribution is 2.30. The topological polar surface area (TPSA) is 63.9 Å². The molecule has 7 heteroatoms. The van der Waals surface area contributed by atoms with Crippen molar-refractivity contribution in [2.45, 2.75) is 19.0 Å². The lowest BCUT2D eigenvalue weighted by Gasteiger charge is -2.17.